The van der Waals surface area contributed by atoms with Crippen molar-refractivity contribution in [3.8, 4) is 0 Å². The number of hydrogen-bond donors (Lipinski definition) is 2. The van der Waals surface area contributed by atoms with Gasteiger partial charge in [-0.05, 0) is 55.6 Å². The Labute approximate surface area is 194 Å². The van der Waals surface area contributed by atoms with E-state index in [1.54, 1.807) is 31.2 Å². The first kappa shape index (κ1) is 22.7. The van der Waals surface area contributed by atoms with Crippen molar-refractivity contribution in [3.63, 3.8) is 0 Å². The quantitative estimate of drug-likeness (QED) is 0.447. The molecule has 1 aliphatic heterocycles. The molecule has 3 aromatic carbocycles. The van der Waals surface area contributed by atoms with E-state index in [1.165, 1.54) is 31.2 Å². The zero-order valence-electron chi connectivity index (χ0n) is 18.5. The average Bonchev–Trinajstić information content (AvgIpc) is 2.83. The van der Waals surface area contributed by atoms with Crippen LogP contribution in [0, 0.1) is 0 Å². The van der Waals surface area contributed by atoms with E-state index in [4.69, 9.17) is 4.74 Å². The molecule has 2 N–H and O–H groups in total. The summed E-state index contributed by atoms with van der Waals surface area (Å²) >= 11 is 0. The number of nitrogens with zero attached hydrogens (tertiary/aromatic N) is 1. The van der Waals surface area contributed by atoms with Gasteiger partial charge < -0.3 is 10.1 Å². The zero-order valence-corrected chi connectivity index (χ0v) is 18.5. The molecule has 1 unspecified atom stereocenters. The summed E-state index contributed by atoms with van der Waals surface area (Å²) < 4.78 is 5.11. The Morgan fingerprint density at radius 3 is 2.06 bits per heavy atom. The maximum Gasteiger partial charge on any atom is 0.338 e. The highest BCUT2D eigenvalue weighted by Crippen LogP contribution is 2.32. The van der Waals surface area contributed by atoms with Crippen molar-refractivity contribution in [2.45, 2.75) is 20.0 Å². The van der Waals surface area contributed by atoms with Gasteiger partial charge in [-0.2, -0.15) is 0 Å². The minimum absolute atomic E-state index is 0.112. The molecule has 4 rings (SSSR count). The summed E-state index contributed by atoms with van der Waals surface area (Å²) in [7, 11) is 0. The van der Waals surface area contributed by atoms with Crippen LogP contribution >= 0.6 is 0 Å². The fourth-order valence-corrected chi connectivity index (χ4v) is 3.71. The molecule has 0 aliphatic carbocycles. The Balaban J connectivity index is 1.51. The SMILES string of the molecule is CCNC(=O)NC(=O)C(C)OC(=O)c1ccc(N2C(=O)c3cccc4cccc(c34)C2=O)cc1. The molecule has 0 aromatic heterocycles. The number of nitrogens with one attached hydrogen (secondary N) is 2. The number of benzene rings is 3. The van der Waals surface area contributed by atoms with Crippen LogP contribution in [0.2, 0.25) is 0 Å². The van der Waals surface area contributed by atoms with E-state index in [9.17, 15) is 24.0 Å². The minimum atomic E-state index is -1.21. The number of esters is 1. The summed E-state index contributed by atoms with van der Waals surface area (Å²) in [5.41, 5.74) is 1.24. The standard InChI is InChI=1S/C25H21N3O6/c1-3-26-25(33)27-21(29)14(2)34-24(32)16-10-12-17(13-11-16)28-22(30)18-8-4-6-15-7-5-9-19(20(15)18)23(28)31/h4-14H,3H2,1-2H3,(H2,26,27,29,33). The Kier molecular flexibility index (Phi) is 6.09. The smallest absolute Gasteiger partial charge is 0.338 e. The van der Waals surface area contributed by atoms with Crippen LogP contribution in [0.15, 0.2) is 60.7 Å². The van der Waals surface area contributed by atoms with Crippen LogP contribution in [0.3, 0.4) is 0 Å². The third kappa shape index (κ3) is 4.11. The molecular weight excluding hydrogens is 438 g/mol. The number of urea groups is 1. The summed E-state index contributed by atoms with van der Waals surface area (Å²) in [6.07, 6.45) is -1.21. The second-order valence-electron chi connectivity index (χ2n) is 7.60. The van der Waals surface area contributed by atoms with E-state index in [-0.39, 0.29) is 5.56 Å². The van der Waals surface area contributed by atoms with E-state index in [0.717, 1.165) is 10.3 Å². The van der Waals surface area contributed by atoms with Gasteiger partial charge in [0, 0.05) is 23.1 Å². The molecule has 3 aromatic rings. The number of hydrogen-bond acceptors (Lipinski definition) is 6. The van der Waals surface area contributed by atoms with Crippen molar-refractivity contribution in [3.05, 3.63) is 77.4 Å². The lowest BCUT2D eigenvalue weighted by Gasteiger charge is -2.27. The summed E-state index contributed by atoms with van der Waals surface area (Å²) in [5.74, 6) is -2.48. The number of imide groups is 2. The topological polar surface area (TPSA) is 122 Å². The molecule has 9 nitrogen and oxygen atoms in total. The summed E-state index contributed by atoms with van der Waals surface area (Å²) in [6.45, 7) is 3.37. The molecule has 5 amide bonds. The highest BCUT2D eigenvalue weighted by molar-refractivity contribution is 6.35. The monoisotopic (exact) mass is 459 g/mol. The number of amides is 5. The number of carbonyl (C=O) groups is 5. The maximum atomic E-state index is 13.1. The van der Waals surface area contributed by atoms with Crippen LogP contribution < -0.4 is 15.5 Å². The highest BCUT2D eigenvalue weighted by Gasteiger charge is 2.34. The Morgan fingerprint density at radius 1 is 0.912 bits per heavy atom. The number of ether oxygens (including phenoxy) is 1. The molecule has 1 atom stereocenters. The van der Waals surface area contributed by atoms with Crippen LogP contribution in [-0.2, 0) is 9.53 Å². The van der Waals surface area contributed by atoms with Gasteiger partial charge >= 0.3 is 12.0 Å². The van der Waals surface area contributed by atoms with Crippen molar-refractivity contribution in [2.75, 3.05) is 11.4 Å². The van der Waals surface area contributed by atoms with Crippen molar-refractivity contribution in [1.29, 1.82) is 0 Å². The molecule has 172 valence electrons. The van der Waals surface area contributed by atoms with Crippen molar-refractivity contribution >= 4 is 46.2 Å². The summed E-state index contributed by atoms with van der Waals surface area (Å²) in [6, 6.07) is 15.6. The molecule has 1 heterocycles. The van der Waals surface area contributed by atoms with Gasteiger partial charge in [0.1, 0.15) is 0 Å². The number of anilines is 1. The molecule has 0 radical (unpaired) electrons. The zero-order chi connectivity index (χ0) is 24.4. The van der Waals surface area contributed by atoms with Crippen LogP contribution in [-0.4, -0.2) is 42.4 Å². The molecule has 1 aliphatic rings. The third-order valence-electron chi connectivity index (χ3n) is 5.36. The lowest BCUT2D eigenvalue weighted by molar-refractivity contribution is -0.127. The van der Waals surface area contributed by atoms with Gasteiger partial charge in [-0.1, -0.05) is 24.3 Å². The summed E-state index contributed by atoms with van der Waals surface area (Å²) in [4.78, 5) is 63.2. The van der Waals surface area contributed by atoms with E-state index in [2.05, 4.69) is 10.6 Å². The van der Waals surface area contributed by atoms with Gasteiger partial charge in [0.25, 0.3) is 17.7 Å². The van der Waals surface area contributed by atoms with Gasteiger partial charge in [-0.15, -0.1) is 0 Å². The van der Waals surface area contributed by atoms with E-state index < -0.39 is 35.8 Å². The lowest BCUT2D eigenvalue weighted by atomic mass is 9.94. The van der Waals surface area contributed by atoms with Gasteiger partial charge in [0.2, 0.25) is 0 Å². The first-order valence-corrected chi connectivity index (χ1v) is 10.6. The normalized spacial score (nSPS) is 13.4. The van der Waals surface area contributed by atoms with Crippen molar-refractivity contribution in [1.82, 2.24) is 10.6 Å². The van der Waals surface area contributed by atoms with Gasteiger partial charge in [0.05, 0.1) is 11.3 Å². The second-order valence-corrected chi connectivity index (χ2v) is 7.60. The largest absolute Gasteiger partial charge is 0.449 e. The molecule has 0 spiro atoms. The molecule has 0 bridgehead atoms. The van der Waals surface area contributed by atoms with Gasteiger partial charge in [-0.25, -0.2) is 14.5 Å². The Hall–Kier alpha value is -4.53. The highest BCUT2D eigenvalue weighted by atomic mass is 16.5. The first-order chi connectivity index (χ1) is 16.3. The van der Waals surface area contributed by atoms with Crippen LogP contribution in [0.25, 0.3) is 10.8 Å². The predicted octanol–water partition coefficient (Wildman–Crippen LogP) is 3.03. The minimum Gasteiger partial charge on any atom is -0.449 e. The third-order valence-corrected chi connectivity index (χ3v) is 5.36. The van der Waals surface area contributed by atoms with Crippen molar-refractivity contribution in [2.24, 2.45) is 0 Å². The molecule has 34 heavy (non-hydrogen) atoms. The number of rotatable bonds is 5. The molecular formula is C25H21N3O6. The lowest BCUT2D eigenvalue weighted by Crippen LogP contribution is -2.44. The Bertz CT molecular complexity index is 1280. The molecule has 0 saturated heterocycles. The average molecular weight is 459 g/mol. The summed E-state index contributed by atoms with van der Waals surface area (Å²) in [5, 5.41) is 5.90. The predicted molar refractivity (Wildman–Crippen MR) is 124 cm³/mol. The maximum absolute atomic E-state index is 13.1. The van der Waals surface area contributed by atoms with Gasteiger partial charge in [0.15, 0.2) is 6.10 Å². The van der Waals surface area contributed by atoms with E-state index in [0.29, 0.717) is 28.7 Å². The molecule has 9 heteroatoms. The van der Waals surface area contributed by atoms with Crippen LogP contribution in [0.4, 0.5) is 10.5 Å². The second kappa shape index (κ2) is 9.14. The first-order valence-electron chi connectivity index (χ1n) is 10.6. The van der Waals surface area contributed by atoms with Gasteiger partial charge in [-0.3, -0.25) is 19.7 Å². The molecule has 0 saturated carbocycles. The van der Waals surface area contributed by atoms with Crippen molar-refractivity contribution < 1.29 is 28.7 Å². The van der Waals surface area contributed by atoms with Crippen LogP contribution in [0.1, 0.15) is 44.9 Å². The van der Waals surface area contributed by atoms with E-state index in [1.807, 2.05) is 12.1 Å². The van der Waals surface area contributed by atoms with Crippen LogP contribution in [0.5, 0.6) is 0 Å². The fraction of sp³-hybridized carbons (Fsp3) is 0.160. The number of carbonyl (C=O) groups excluding carboxylic acids is 5. The fourth-order valence-electron chi connectivity index (χ4n) is 3.71. The molecule has 0 fully saturated rings. The van der Waals surface area contributed by atoms with E-state index >= 15 is 0 Å². The Morgan fingerprint density at radius 2 is 1.50 bits per heavy atom.